The number of rotatable bonds is 4. The van der Waals surface area contributed by atoms with E-state index in [1.54, 1.807) is 22.8 Å². The van der Waals surface area contributed by atoms with E-state index in [4.69, 9.17) is 23.2 Å². The Morgan fingerprint density at radius 3 is 2.68 bits per heavy atom. The summed E-state index contributed by atoms with van der Waals surface area (Å²) in [5.41, 5.74) is 1.97. The summed E-state index contributed by atoms with van der Waals surface area (Å²) in [6, 6.07) is 6.63. The molecule has 4 nitrogen and oxygen atoms in total. The molecule has 1 aliphatic rings. The molecule has 1 aromatic carbocycles. The molecule has 1 aromatic heterocycles. The van der Waals surface area contributed by atoms with Crippen molar-refractivity contribution in [1.82, 2.24) is 4.57 Å². The highest BCUT2D eigenvalue weighted by atomic mass is 35.5. The van der Waals surface area contributed by atoms with Gasteiger partial charge >= 0.3 is 5.97 Å². The highest BCUT2D eigenvalue weighted by Gasteiger charge is 2.27. The van der Waals surface area contributed by atoms with Gasteiger partial charge in [0.2, 0.25) is 0 Å². The summed E-state index contributed by atoms with van der Waals surface area (Å²) in [6.07, 6.45) is 2.91. The first-order valence-corrected chi connectivity index (χ1v) is 9.11. The molecule has 0 fully saturated rings. The van der Waals surface area contributed by atoms with Gasteiger partial charge in [-0.25, -0.2) is 4.79 Å². The molecular weight excluding hydrogens is 361 g/mol. The van der Waals surface area contributed by atoms with Crippen LogP contribution in [0.1, 0.15) is 59.3 Å². The lowest BCUT2D eigenvalue weighted by atomic mass is 9.88. The summed E-state index contributed by atoms with van der Waals surface area (Å²) in [5.74, 6) is -0.881. The molecule has 2 heterocycles. The normalized spacial score (nSPS) is 16.5. The van der Waals surface area contributed by atoms with E-state index in [0.717, 1.165) is 24.8 Å². The number of aromatic carboxylic acids is 1. The minimum absolute atomic E-state index is 0.112. The van der Waals surface area contributed by atoms with Gasteiger partial charge in [-0.2, -0.15) is 0 Å². The quantitative estimate of drug-likeness (QED) is 0.834. The third-order valence-electron chi connectivity index (χ3n) is 4.85. The standard InChI is InChI=1S/C19H19Cl2NO3/c1-2-11-4-3-7-22-17(11)15(19(24)25)9-13(18(22)23)8-12-5-6-14(20)10-16(12)21/h5-6,9-11H,2-4,7-8H2,1H3,(H,24,25). The number of nitrogens with zero attached hydrogens (tertiary/aromatic N) is 1. The summed E-state index contributed by atoms with van der Waals surface area (Å²) >= 11 is 12.1. The van der Waals surface area contributed by atoms with Crippen molar-refractivity contribution in [2.75, 3.05) is 0 Å². The lowest BCUT2D eigenvalue weighted by molar-refractivity contribution is 0.0692. The summed E-state index contributed by atoms with van der Waals surface area (Å²) in [5, 5.41) is 10.7. The first-order valence-electron chi connectivity index (χ1n) is 8.36. The second-order valence-electron chi connectivity index (χ2n) is 6.39. The van der Waals surface area contributed by atoms with E-state index in [1.165, 1.54) is 6.07 Å². The maximum absolute atomic E-state index is 12.9. The van der Waals surface area contributed by atoms with Crippen LogP contribution in [0.25, 0.3) is 0 Å². The Balaban J connectivity index is 2.14. The van der Waals surface area contributed by atoms with E-state index in [2.05, 4.69) is 0 Å². The lowest BCUT2D eigenvalue weighted by Gasteiger charge is -2.28. The van der Waals surface area contributed by atoms with Gasteiger partial charge < -0.3 is 9.67 Å². The van der Waals surface area contributed by atoms with Gasteiger partial charge in [-0.05, 0) is 48.9 Å². The Bertz CT molecular complexity index is 889. The highest BCUT2D eigenvalue weighted by molar-refractivity contribution is 6.35. The number of halogens is 2. The zero-order chi connectivity index (χ0) is 18.1. The van der Waals surface area contributed by atoms with E-state index in [0.29, 0.717) is 27.8 Å². The molecule has 0 radical (unpaired) electrons. The monoisotopic (exact) mass is 379 g/mol. The van der Waals surface area contributed by atoms with Gasteiger partial charge in [-0.1, -0.05) is 36.2 Å². The maximum Gasteiger partial charge on any atom is 0.337 e. The predicted octanol–water partition coefficient (Wildman–Crippen LogP) is 4.73. The number of pyridine rings is 1. The van der Waals surface area contributed by atoms with E-state index in [1.807, 2.05) is 6.92 Å². The molecule has 1 atom stereocenters. The number of fused-ring (bicyclic) bond motifs is 1. The van der Waals surface area contributed by atoms with E-state index >= 15 is 0 Å². The van der Waals surface area contributed by atoms with Gasteiger partial charge in [0.05, 0.1) is 5.56 Å². The Hall–Kier alpha value is -1.78. The fourth-order valence-corrected chi connectivity index (χ4v) is 4.07. The average molecular weight is 380 g/mol. The molecule has 0 spiro atoms. The number of hydrogen-bond acceptors (Lipinski definition) is 2. The molecule has 1 unspecified atom stereocenters. The molecule has 0 saturated heterocycles. The predicted molar refractivity (Wildman–Crippen MR) is 99.2 cm³/mol. The third kappa shape index (κ3) is 3.46. The van der Waals surface area contributed by atoms with E-state index < -0.39 is 5.97 Å². The third-order valence-corrected chi connectivity index (χ3v) is 5.43. The van der Waals surface area contributed by atoms with Crippen LogP contribution >= 0.6 is 23.2 Å². The number of carboxylic acid groups (broad SMARTS) is 1. The molecule has 1 aliphatic heterocycles. The first kappa shape index (κ1) is 18.0. The van der Waals surface area contributed by atoms with Gasteiger partial charge in [-0.15, -0.1) is 0 Å². The minimum Gasteiger partial charge on any atom is -0.478 e. The van der Waals surface area contributed by atoms with Crippen molar-refractivity contribution in [3.05, 3.63) is 67.0 Å². The molecule has 2 aromatic rings. The fourth-order valence-electron chi connectivity index (χ4n) is 3.60. The SMILES string of the molecule is CCC1CCCn2c1c(C(=O)O)cc(Cc1ccc(Cl)cc1Cl)c2=O. The summed E-state index contributed by atoms with van der Waals surface area (Å²) in [7, 11) is 0. The molecule has 0 aliphatic carbocycles. The van der Waals surface area contributed by atoms with Gasteiger partial charge in [0, 0.05) is 34.3 Å². The summed E-state index contributed by atoms with van der Waals surface area (Å²) in [4.78, 5) is 24.7. The zero-order valence-corrected chi connectivity index (χ0v) is 15.4. The molecule has 0 saturated carbocycles. The van der Waals surface area contributed by atoms with Crippen LogP contribution in [0.2, 0.25) is 10.0 Å². The Morgan fingerprint density at radius 2 is 2.04 bits per heavy atom. The van der Waals surface area contributed by atoms with Crippen LogP contribution in [0.3, 0.4) is 0 Å². The van der Waals surface area contributed by atoms with Gasteiger partial charge in [-0.3, -0.25) is 4.79 Å². The van der Waals surface area contributed by atoms with E-state index in [-0.39, 0.29) is 23.5 Å². The summed E-state index contributed by atoms with van der Waals surface area (Å²) < 4.78 is 1.65. The van der Waals surface area contributed by atoms with Crippen molar-refractivity contribution < 1.29 is 9.90 Å². The number of carboxylic acids is 1. The van der Waals surface area contributed by atoms with Crippen LogP contribution in [0.5, 0.6) is 0 Å². The van der Waals surface area contributed by atoms with Crippen LogP contribution in [0.15, 0.2) is 29.1 Å². The van der Waals surface area contributed by atoms with Gasteiger partial charge in [0.1, 0.15) is 0 Å². The van der Waals surface area contributed by atoms with Crippen LogP contribution in [-0.2, 0) is 13.0 Å². The molecule has 0 amide bonds. The average Bonchev–Trinajstić information content (AvgIpc) is 2.58. The summed E-state index contributed by atoms with van der Waals surface area (Å²) in [6.45, 7) is 2.59. The Kier molecular flexibility index (Phi) is 5.21. The molecular formula is C19H19Cl2NO3. The van der Waals surface area contributed by atoms with E-state index in [9.17, 15) is 14.7 Å². The van der Waals surface area contributed by atoms with Crippen LogP contribution in [-0.4, -0.2) is 15.6 Å². The fraction of sp³-hybridized carbons (Fsp3) is 0.368. The topological polar surface area (TPSA) is 59.3 Å². The number of benzene rings is 1. The molecule has 132 valence electrons. The van der Waals surface area contributed by atoms with Crippen molar-refractivity contribution in [1.29, 1.82) is 0 Å². The van der Waals surface area contributed by atoms with Gasteiger partial charge in [0.15, 0.2) is 0 Å². The van der Waals surface area contributed by atoms with Crippen LogP contribution in [0.4, 0.5) is 0 Å². The van der Waals surface area contributed by atoms with Crippen molar-refractivity contribution in [3.63, 3.8) is 0 Å². The smallest absolute Gasteiger partial charge is 0.337 e. The molecule has 6 heteroatoms. The van der Waals surface area contributed by atoms with Crippen molar-refractivity contribution in [3.8, 4) is 0 Å². The molecule has 3 rings (SSSR count). The lowest BCUT2D eigenvalue weighted by Crippen LogP contribution is -2.33. The second kappa shape index (κ2) is 7.22. The maximum atomic E-state index is 12.9. The van der Waals surface area contributed by atoms with Crippen molar-refractivity contribution in [2.45, 2.75) is 45.1 Å². The molecule has 0 bridgehead atoms. The van der Waals surface area contributed by atoms with Crippen molar-refractivity contribution in [2.24, 2.45) is 0 Å². The minimum atomic E-state index is -0.993. The number of hydrogen-bond donors (Lipinski definition) is 1. The zero-order valence-electron chi connectivity index (χ0n) is 13.9. The van der Waals surface area contributed by atoms with Crippen LogP contribution < -0.4 is 5.56 Å². The largest absolute Gasteiger partial charge is 0.478 e. The second-order valence-corrected chi connectivity index (χ2v) is 7.23. The highest BCUT2D eigenvalue weighted by Crippen LogP contribution is 2.32. The number of aromatic nitrogens is 1. The Morgan fingerprint density at radius 1 is 1.28 bits per heavy atom. The molecule has 1 N–H and O–H groups in total. The Labute approximate surface area is 156 Å². The van der Waals surface area contributed by atoms with Crippen LogP contribution in [0, 0.1) is 0 Å². The van der Waals surface area contributed by atoms with Crippen molar-refractivity contribution >= 4 is 29.2 Å². The van der Waals surface area contributed by atoms with Gasteiger partial charge in [0.25, 0.3) is 5.56 Å². The molecule has 25 heavy (non-hydrogen) atoms. The first-order chi connectivity index (χ1) is 11.9. The number of carbonyl (C=O) groups is 1.